The van der Waals surface area contributed by atoms with Gasteiger partial charge < -0.3 is 9.57 Å². The second-order valence-electron chi connectivity index (χ2n) is 2.92. The molecule has 1 aliphatic rings. The Hall–Kier alpha value is -2.04. The van der Waals surface area contributed by atoms with E-state index < -0.39 is 0 Å². The average molecular weight is 206 g/mol. The Kier molecular flexibility index (Phi) is 2.53. The van der Waals surface area contributed by atoms with Crippen molar-refractivity contribution in [2.24, 2.45) is 5.10 Å². The van der Waals surface area contributed by atoms with Crippen LogP contribution in [-0.2, 0) is 4.74 Å². The normalized spacial score (nSPS) is 12.3. The van der Waals surface area contributed by atoms with Gasteiger partial charge in [0.2, 0.25) is 0 Å². The van der Waals surface area contributed by atoms with E-state index in [1.165, 1.54) is 0 Å². The summed E-state index contributed by atoms with van der Waals surface area (Å²) >= 11 is 0. The van der Waals surface area contributed by atoms with Crippen molar-refractivity contribution in [3.63, 3.8) is 0 Å². The lowest BCUT2D eigenvalue weighted by atomic mass is 10.1. The number of hydrogen-bond donors (Lipinski definition) is 1. The third-order valence-corrected chi connectivity index (χ3v) is 1.93. The van der Waals surface area contributed by atoms with Crippen LogP contribution in [0.15, 0.2) is 23.3 Å². The molecule has 15 heavy (non-hydrogen) atoms. The Bertz CT molecular complexity index is 415. The second kappa shape index (κ2) is 4.00. The standard InChI is InChI=1S/C10H10N2O3/c1-2-14-10(13)7-3-4-9-8(5-7)6-11-12-15-9/h3-6,12H,2H2,1H3. The molecule has 0 aliphatic carbocycles. The Morgan fingerprint density at radius 3 is 3.27 bits per heavy atom. The van der Waals surface area contributed by atoms with Gasteiger partial charge in [-0.15, -0.1) is 5.59 Å². The fourth-order valence-corrected chi connectivity index (χ4v) is 1.26. The summed E-state index contributed by atoms with van der Waals surface area (Å²) in [6.07, 6.45) is 1.58. The van der Waals surface area contributed by atoms with Crippen molar-refractivity contribution in [2.75, 3.05) is 6.61 Å². The highest BCUT2D eigenvalue weighted by molar-refractivity contribution is 5.93. The SMILES string of the molecule is CCOC(=O)c1ccc2c(c1)C=NNO2. The van der Waals surface area contributed by atoms with Crippen LogP contribution in [0.3, 0.4) is 0 Å². The average Bonchev–Trinajstić information content (AvgIpc) is 2.29. The van der Waals surface area contributed by atoms with Crippen molar-refractivity contribution in [1.82, 2.24) is 5.59 Å². The van der Waals surface area contributed by atoms with Crippen LogP contribution in [-0.4, -0.2) is 18.8 Å². The van der Waals surface area contributed by atoms with Gasteiger partial charge in [0.05, 0.1) is 18.4 Å². The highest BCUT2D eigenvalue weighted by atomic mass is 16.7. The van der Waals surface area contributed by atoms with E-state index in [0.29, 0.717) is 17.9 Å². The lowest BCUT2D eigenvalue weighted by Gasteiger charge is -2.12. The van der Waals surface area contributed by atoms with Gasteiger partial charge in [-0.05, 0) is 25.1 Å². The summed E-state index contributed by atoms with van der Waals surface area (Å²) in [7, 11) is 0. The first-order valence-corrected chi connectivity index (χ1v) is 4.57. The molecule has 0 fully saturated rings. The maximum atomic E-state index is 11.4. The summed E-state index contributed by atoms with van der Waals surface area (Å²) in [5.41, 5.74) is 3.61. The maximum absolute atomic E-state index is 11.4. The van der Waals surface area contributed by atoms with Gasteiger partial charge in [-0.1, -0.05) is 0 Å². The van der Waals surface area contributed by atoms with Gasteiger partial charge in [-0.3, -0.25) is 0 Å². The Balaban J connectivity index is 2.29. The summed E-state index contributed by atoms with van der Waals surface area (Å²) < 4.78 is 4.88. The molecule has 0 amide bonds. The van der Waals surface area contributed by atoms with E-state index in [-0.39, 0.29) is 5.97 Å². The highest BCUT2D eigenvalue weighted by Crippen LogP contribution is 2.20. The van der Waals surface area contributed by atoms with Crippen LogP contribution >= 0.6 is 0 Å². The summed E-state index contributed by atoms with van der Waals surface area (Å²) in [5, 5.41) is 3.72. The van der Waals surface area contributed by atoms with Gasteiger partial charge in [0.25, 0.3) is 0 Å². The minimum Gasteiger partial charge on any atom is -0.462 e. The number of carbonyl (C=O) groups is 1. The van der Waals surface area contributed by atoms with Crippen LogP contribution in [0.4, 0.5) is 0 Å². The van der Waals surface area contributed by atoms with Gasteiger partial charge in [0.15, 0.2) is 5.75 Å². The summed E-state index contributed by atoms with van der Waals surface area (Å²) in [6.45, 7) is 2.13. The van der Waals surface area contributed by atoms with Crippen molar-refractivity contribution in [3.8, 4) is 5.75 Å². The molecule has 0 bridgehead atoms. The Morgan fingerprint density at radius 2 is 2.47 bits per heavy atom. The molecule has 1 aliphatic heterocycles. The quantitative estimate of drug-likeness (QED) is 0.736. The molecule has 1 heterocycles. The molecule has 0 radical (unpaired) electrons. The van der Waals surface area contributed by atoms with E-state index in [4.69, 9.17) is 9.57 Å². The lowest BCUT2D eigenvalue weighted by Crippen LogP contribution is -2.17. The van der Waals surface area contributed by atoms with Crippen LogP contribution in [0.2, 0.25) is 0 Å². The zero-order valence-corrected chi connectivity index (χ0v) is 8.19. The van der Waals surface area contributed by atoms with E-state index >= 15 is 0 Å². The Labute approximate surface area is 86.6 Å². The van der Waals surface area contributed by atoms with Crippen molar-refractivity contribution in [3.05, 3.63) is 29.3 Å². The molecule has 1 N–H and O–H groups in total. The Morgan fingerprint density at radius 1 is 1.60 bits per heavy atom. The summed E-state index contributed by atoms with van der Waals surface area (Å²) in [6, 6.07) is 5.02. The van der Waals surface area contributed by atoms with E-state index in [1.54, 1.807) is 31.3 Å². The third-order valence-electron chi connectivity index (χ3n) is 1.93. The van der Waals surface area contributed by atoms with E-state index in [1.807, 2.05) is 0 Å². The lowest BCUT2D eigenvalue weighted by molar-refractivity contribution is 0.0526. The van der Waals surface area contributed by atoms with Crippen molar-refractivity contribution in [2.45, 2.75) is 6.92 Å². The van der Waals surface area contributed by atoms with Crippen LogP contribution in [0.1, 0.15) is 22.8 Å². The molecule has 5 nitrogen and oxygen atoms in total. The molecule has 0 aromatic heterocycles. The molecule has 1 aromatic rings. The monoisotopic (exact) mass is 206 g/mol. The molecular weight excluding hydrogens is 196 g/mol. The van der Waals surface area contributed by atoms with Crippen molar-refractivity contribution in [1.29, 1.82) is 0 Å². The number of benzene rings is 1. The first kappa shape index (κ1) is 9.51. The zero-order valence-electron chi connectivity index (χ0n) is 8.19. The summed E-state index contributed by atoms with van der Waals surface area (Å²) in [4.78, 5) is 16.4. The zero-order chi connectivity index (χ0) is 10.7. The highest BCUT2D eigenvalue weighted by Gasteiger charge is 2.12. The molecule has 78 valence electrons. The van der Waals surface area contributed by atoms with Crippen LogP contribution in [0.25, 0.3) is 0 Å². The van der Waals surface area contributed by atoms with Gasteiger partial charge in [0, 0.05) is 5.56 Å². The van der Waals surface area contributed by atoms with Crippen LogP contribution < -0.4 is 10.4 Å². The van der Waals surface area contributed by atoms with Gasteiger partial charge in [0.1, 0.15) is 0 Å². The maximum Gasteiger partial charge on any atom is 0.338 e. The third kappa shape index (κ3) is 1.90. The van der Waals surface area contributed by atoms with Crippen molar-refractivity contribution >= 4 is 12.2 Å². The van der Waals surface area contributed by atoms with Crippen LogP contribution in [0.5, 0.6) is 5.75 Å². The first-order valence-electron chi connectivity index (χ1n) is 4.57. The largest absolute Gasteiger partial charge is 0.462 e. The number of fused-ring (bicyclic) bond motifs is 1. The molecule has 2 rings (SSSR count). The number of nitrogens with zero attached hydrogens (tertiary/aromatic N) is 1. The molecule has 0 saturated carbocycles. The minimum atomic E-state index is -0.341. The molecular formula is C10H10N2O3. The number of rotatable bonds is 2. The van der Waals surface area contributed by atoms with E-state index in [2.05, 4.69) is 10.7 Å². The number of carbonyl (C=O) groups excluding carboxylic acids is 1. The van der Waals surface area contributed by atoms with Gasteiger partial charge in [-0.2, -0.15) is 5.10 Å². The molecule has 0 spiro atoms. The molecule has 0 unspecified atom stereocenters. The topological polar surface area (TPSA) is 59.9 Å². The van der Waals surface area contributed by atoms with Gasteiger partial charge >= 0.3 is 5.97 Å². The molecule has 1 aromatic carbocycles. The molecule has 5 heteroatoms. The number of nitrogens with one attached hydrogen (secondary N) is 1. The number of esters is 1. The first-order chi connectivity index (χ1) is 7.31. The number of ether oxygens (including phenoxy) is 1. The predicted molar refractivity (Wildman–Crippen MR) is 53.8 cm³/mol. The van der Waals surface area contributed by atoms with Crippen LogP contribution in [0, 0.1) is 0 Å². The number of hydrazone groups is 1. The van der Waals surface area contributed by atoms with Gasteiger partial charge in [-0.25, -0.2) is 4.79 Å². The molecule has 0 saturated heterocycles. The van der Waals surface area contributed by atoms with Crippen molar-refractivity contribution < 1.29 is 14.4 Å². The minimum absolute atomic E-state index is 0.341. The summed E-state index contributed by atoms with van der Waals surface area (Å²) in [5.74, 6) is 0.297. The van der Waals surface area contributed by atoms with E-state index in [9.17, 15) is 4.79 Å². The van der Waals surface area contributed by atoms with E-state index in [0.717, 1.165) is 5.56 Å². The fraction of sp³-hybridized carbons (Fsp3) is 0.200. The smallest absolute Gasteiger partial charge is 0.338 e. The molecule has 0 atom stereocenters. The predicted octanol–water partition coefficient (Wildman–Crippen LogP) is 1.09. The number of hydrogen-bond acceptors (Lipinski definition) is 5. The second-order valence-corrected chi connectivity index (χ2v) is 2.92. The fourth-order valence-electron chi connectivity index (χ4n) is 1.26.